The highest BCUT2D eigenvalue weighted by molar-refractivity contribution is 6.07. The number of carbonyl (C=O) groups excluding carboxylic acids is 3. The zero-order chi connectivity index (χ0) is 19.5. The van der Waals surface area contributed by atoms with E-state index >= 15 is 0 Å². The molecule has 0 saturated carbocycles. The first-order valence-corrected chi connectivity index (χ1v) is 9.32. The largest absolute Gasteiger partial charge is 0.482 e. The molecule has 7 nitrogen and oxygen atoms in total. The fourth-order valence-electron chi connectivity index (χ4n) is 3.59. The molecule has 1 unspecified atom stereocenters. The number of nitrogens with one attached hydrogen (secondary N) is 2. The first-order chi connectivity index (χ1) is 13.6. The van der Waals surface area contributed by atoms with Crippen LogP contribution in [0.1, 0.15) is 22.3 Å². The maximum absolute atomic E-state index is 13.4. The molecule has 3 amide bonds. The van der Waals surface area contributed by atoms with Crippen molar-refractivity contribution in [1.29, 1.82) is 0 Å². The van der Waals surface area contributed by atoms with Crippen LogP contribution in [0.3, 0.4) is 0 Å². The van der Waals surface area contributed by atoms with Gasteiger partial charge in [-0.05, 0) is 24.1 Å². The van der Waals surface area contributed by atoms with Crippen LogP contribution in [0.2, 0.25) is 0 Å². The summed E-state index contributed by atoms with van der Waals surface area (Å²) in [6, 6.07) is 14.1. The van der Waals surface area contributed by atoms with Crippen LogP contribution in [-0.4, -0.2) is 48.4 Å². The van der Waals surface area contributed by atoms with Gasteiger partial charge in [-0.25, -0.2) is 0 Å². The first kappa shape index (κ1) is 18.0. The van der Waals surface area contributed by atoms with Crippen molar-refractivity contribution >= 4 is 23.4 Å². The molecule has 4 rings (SSSR count). The minimum atomic E-state index is -0.617. The van der Waals surface area contributed by atoms with Crippen LogP contribution >= 0.6 is 0 Å². The summed E-state index contributed by atoms with van der Waals surface area (Å²) < 4.78 is 5.42. The Labute approximate surface area is 162 Å². The second-order valence-electron chi connectivity index (χ2n) is 6.86. The lowest BCUT2D eigenvalue weighted by atomic mass is 10.0. The van der Waals surface area contributed by atoms with Crippen LogP contribution in [0.25, 0.3) is 0 Å². The molecule has 2 aromatic carbocycles. The molecule has 0 bridgehead atoms. The molecule has 2 heterocycles. The highest BCUT2D eigenvalue weighted by Crippen LogP contribution is 2.32. The lowest BCUT2D eigenvalue weighted by molar-refractivity contribution is -0.124. The van der Waals surface area contributed by atoms with E-state index in [4.69, 9.17) is 4.74 Å². The topological polar surface area (TPSA) is 87.7 Å². The van der Waals surface area contributed by atoms with Gasteiger partial charge in [-0.2, -0.15) is 0 Å². The number of carbonyl (C=O) groups is 3. The molecule has 2 aliphatic rings. The summed E-state index contributed by atoms with van der Waals surface area (Å²) in [5.74, 6) is -0.299. The second kappa shape index (κ2) is 7.72. The van der Waals surface area contributed by atoms with Crippen molar-refractivity contribution in [3.63, 3.8) is 0 Å². The van der Waals surface area contributed by atoms with Crippen molar-refractivity contribution in [3.8, 4) is 5.75 Å². The van der Waals surface area contributed by atoms with E-state index in [0.717, 1.165) is 5.56 Å². The molecule has 7 heteroatoms. The van der Waals surface area contributed by atoms with Gasteiger partial charge in [0.15, 0.2) is 6.61 Å². The van der Waals surface area contributed by atoms with Gasteiger partial charge in [-0.15, -0.1) is 0 Å². The average molecular weight is 379 g/mol. The number of para-hydroxylation sites is 1. The van der Waals surface area contributed by atoms with Gasteiger partial charge in [0, 0.05) is 19.5 Å². The number of rotatable bonds is 3. The summed E-state index contributed by atoms with van der Waals surface area (Å²) in [4.78, 5) is 39.5. The van der Waals surface area contributed by atoms with E-state index in [-0.39, 0.29) is 24.3 Å². The molecule has 0 aromatic heterocycles. The summed E-state index contributed by atoms with van der Waals surface area (Å²) in [7, 11) is 0. The second-order valence-corrected chi connectivity index (χ2v) is 6.86. The molecular formula is C21H21N3O4. The van der Waals surface area contributed by atoms with Gasteiger partial charge in [0.2, 0.25) is 5.91 Å². The van der Waals surface area contributed by atoms with Gasteiger partial charge in [0.05, 0.1) is 11.3 Å². The fraction of sp³-hybridized carbons (Fsp3) is 0.286. The third kappa shape index (κ3) is 3.55. The maximum atomic E-state index is 13.4. The fourth-order valence-corrected chi connectivity index (χ4v) is 3.59. The van der Waals surface area contributed by atoms with Crippen LogP contribution in [0, 0.1) is 0 Å². The number of benzene rings is 2. The molecule has 2 N–H and O–H groups in total. The molecule has 1 atom stereocenters. The van der Waals surface area contributed by atoms with Gasteiger partial charge < -0.3 is 20.3 Å². The van der Waals surface area contributed by atoms with Crippen molar-refractivity contribution < 1.29 is 19.1 Å². The first-order valence-electron chi connectivity index (χ1n) is 9.32. The Morgan fingerprint density at radius 3 is 2.75 bits per heavy atom. The molecule has 0 radical (unpaired) electrons. The Balaban J connectivity index is 1.68. The molecule has 1 fully saturated rings. The van der Waals surface area contributed by atoms with E-state index in [1.807, 2.05) is 30.3 Å². The molecule has 0 aliphatic carbocycles. The Morgan fingerprint density at radius 1 is 1.11 bits per heavy atom. The highest BCUT2D eigenvalue weighted by atomic mass is 16.5. The van der Waals surface area contributed by atoms with Crippen LogP contribution in [-0.2, 0) is 16.0 Å². The number of nitrogens with zero attached hydrogens (tertiary/aromatic N) is 1. The maximum Gasteiger partial charge on any atom is 0.262 e. The van der Waals surface area contributed by atoms with E-state index in [1.54, 1.807) is 23.1 Å². The summed E-state index contributed by atoms with van der Waals surface area (Å²) in [6.07, 6.45) is 1.09. The predicted molar refractivity (Wildman–Crippen MR) is 103 cm³/mol. The molecule has 2 aliphatic heterocycles. The van der Waals surface area contributed by atoms with E-state index in [1.165, 1.54) is 0 Å². The smallest absolute Gasteiger partial charge is 0.262 e. The quantitative estimate of drug-likeness (QED) is 0.848. The lowest BCUT2D eigenvalue weighted by Crippen LogP contribution is -2.48. The van der Waals surface area contributed by atoms with Crippen molar-refractivity contribution in [2.24, 2.45) is 0 Å². The minimum absolute atomic E-state index is 0.0760. The van der Waals surface area contributed by atoms with Gasteiger partial charge in [0.25, 0.3) is 11.8 Å². The molecule has 28 heavy (non-hydrogen) atoms. The summed E-state index contributed by atoms with van der Waals surface area (Å²) in [6.45, 7) is 0.904. The van der Waals surface area contributed by atoms with Crippen LogP contribution < -0.4 is 15.4 Å². The molecule has 1 saturated heterocycles. The van der Waals surface area contributed by atoms with Crippen LogP contribution in [0.4, 0.5) is 5.69 Å². The lowest BCUT2D eigenvalue weighted by Gasteiger charge is -2.30. The molecule has 144 valence electrons. The number of hydrogen-bond donors (Lipinski definition) is 2. The Hall–Kier alpha value is -3.35. The standard InChI is InChI=1S/C21H21N3O4/c25-18-13-28-17-9-4-8-15(19(17)23-18)21(27)24-11-5-10-22-20(26)16(24)12-14-6-2-1-3-7-14/h1-4,6-9,16H,5,10-13H2,(H,22,26)(H,23,25). The van der Waals surface area contributed by atoms with Crippen LogP contribution in [0.15, 0.2) is 48.5 Å². The van der Waals surface area contributed by atoms with E-state index in [0.29, 0.717) is 42.9 Å². The van der Waals surface area contributed by atoms with Gasteiger partial charge in [-0.1, -0.05) is 36.4 Å². The van der Waals surface area contributed by atoms with Crippen molar-refractivity contribution in [1.82, 2.24) is 10.2 Å². The number of ether oxygens (including phenoxy) is 1. The normalized spacial score (nSPS) is 19.0. The van der Waals surface area contributed by atoms with Crippen molar-refractivity contribution in [2.75, 3.05) is 25.0 Å². The third-order valence-corrected chi connectivity index (χ3v) is 4.97. The SMILES string of the molecule is O=C1COc2cccc(C(=O)N3CCCNC(=O)C3Cc3ccccc3)c2N1. The number of hydrogen-bond acceptors (Lipinski definition) is 4. The molecule has 2 aromatic rings. The summed E-state index contributed by atoms with van der Waals surface area (Å²) in [5, 5.41) is 5.62. The summed E-state index contributed by atoms with van der Waals surface area (Å²) >= 11 is 0. The monoisotopic (exact) mass is 379 g/mol. The highest BCUT2D eigenvalue weighted by Gasteiger charge is 2.34. The van der Waals surface area contributed by atoms with Gasteiger partial charge in [0.1, 0.15) is 11.8 Å². The average Bonchev–Trinajstić information content (AvgIpc) is 2.89. The Kier molecular flexibility index (Phi) is 4.97. The third-order valence-electron chi connectivity index (χ3n) is 4.97. The van der Waals surface area contributed by atoms with Crippen molar-refractivity contribution in [2.45, 2.75) is 18.9 Å². The Bertz CT molecular complexity index is 913. The van der Waals surface area contributed by atoms with Gasteiger partial charge >= 0.3 is 0 Å². The number of amides is 3. The Morgan fingerprint density at radius 2 is 1.93 bits per heavy atom. The number of fused-ring (bicyclic) bond motifs is 1. The minimum Gasteiger partial charge on any atom is -0.482 e. The predicted octanol–water partition coefficient (Wildman–Crippen LogP) is 1.59. The van der Waals surface area contributed by atoms with E-state index < -0.39 is 6.04 Å². The van der Waals surface area contributed by atoms with E-state index in [2.05, 4.69) is 10.6 Å². The van der Waals surface area contributed by atoms with E-state index in [9.17, 15) is 14.4 Å². The zero-order valence-corrected chi connectivity index (χ0v) is 15.3. The van der Waals surface area contributed by atoms with Gasteiger partial charge in [-0.3, -0.25) is 14.4 Å². The molecular weight excluding hydrogens is 358 g/mol. The van der Waals surface area contributed by atoms with Crippen molar-refractivity contribution in [3.05, 3.63) is 59.7 Å². The summed E-state index contributed by atoms with van der Waals surface area (Å²) in [5.41, 5.74) is 1.68. The molecule has 0 spiro atoms. The van der Waals surface area contributed by atoms with Crippen LogP contribution in [0.5, 0.6) is 5.75 Å². The zero-order valence-electron chi connectivity index (χ0n) is 15.3. The number of anilines is 1.